The molecule has 2 aromatic rings. The molecule has 1 fully saturated rings. The van der Waals surface area contributed by atoms with Crippen LogP contribution in [-0.2, 0) is 20.0 Å². The maximum atomic E-state index is 12.3. The third kappa shape index (κ3) is 3.33. The number of piperidine rings is 1. The van der Waals surface area contributed by atoms with E-state index < -0.39 is 0 Å². The Labute approximate surface area is 154 Å². The van der Waals surface area contributed by atoms with Gasteiger partial charge in [0.05, 0.1) is 0 Å². The van der Waals surface area contributed by atoms with Crippen LogP contribution in [0.3, 0.4) is 0 Å². The van der Waals surface area contributed by atoms with Crippen LogP contribution in [0.25, 0.3) is 0 Å². The Kier molecular flexibility index (Phi) is 4.68. The zero-order valence-corrected chi connectivity index (χ0v) is 15.6. The molecule has 4 rings (SSSR count). The van der Waals surface area contributed by atoms with Crippen LogP contribution in [-0.4, -0.2) is 42.3 Å². The Bertz CT molecular complexity index is 846. The van der Waals surface area contributed by atoms with E-state index in [1.165, 1.54) is 16.8 Å². The van der Waals surface area contributed by atoms with Gasteiger partial charge in [-0.15, -0.1) is 0 Å². The van der Waals surface area contributed by atoms with Crippen molar-refractivity contribution in [2.24, 2.45) is 7.05 Å². The first-order chi connectivity index (χ1) is 12.6. The molecule has 6 heteroatoms. The largest absolute Gasteiger partial charge is 0.374 e. The van der Waals surface area contributed by atoms with Crippen LogP contribution >= 0.6 is 0 Å². The third-order valence-electron chi connectivity index (χ3n) is 5.59. The van der Waals surface area contributed by atoms with Crippen molar-refractivity contribution in [3.63, 3.8) is 0 Å². The number of rotatable bonds is 4. The predicted octanol–water partition coefficient (Wildman–Crippen LogP) is 1.53. The number of nitrogens with one attached hydrogen (secondary N) is 1. The summed E-state index contributed by atoms with van der Waals surface area (Å²) in [6.45, 7) is 3.72. The lowest BCUT2D eigenvalue weighted by Gasteiger charge is -2.33. The van der Waals surface area contributed by atoms with E-state index in [2.05, 4.69) is 45.3 Å². The van der Waals surface area contributed by atoms with Gasteiger partial charge in [0.1, 0.15) is 0 Å². The van der Waals surface area contributed by atoms with Crippen LogP contribution in [0.2, 0.25) is 0 Å². The molecule has 1 saturated heterocycles. The Morgan fingerprint density at radius 3 is 3.04 bits per heavy atom. The molecule has 0 aliphatic carbocycles. The number of benzene rings is 1. The van der Waals surface area contributed by atoms with Crippen molar-refractivity contribution in [2.45, 2.75) is 31.8 Å². The molecule has 1 atom stereocenters. The van der Waals surface area contributed by atoms with E-state index in [9.17, 15) is 4.79 Å². The predicted molar refractivity (Wildman–Crippen MR) is 105 cm³/mol. The lowest BCUT2D eigenvalue weighted by Crippen LogP contribution is -2.47. The van der Waals surface area contributed by atoms with Gasteiger partial charge in [-0.25, -0.2) is 4.98 Å². The molecule has 0 unspecified atom stereocenters. The summed E-state index contributed by atoms with van der Waals surface area (Å²) in [4.78, 5) is 21.1. The summed E-state index contributed by atoms with van der Waals surface area (Å²) in [6.07, 6.45) is 6.76. The summed E-state index contributed by atoms with van der Waals surface area (Å²) in [6, 6.07) is 7.18. The van der Waals surface area contributed by atoms with Crippen molar-refractivity contribution in [1.29, 1.82) is 0 Å². The topological polar surface area (TPSA) is 53.4 Å². The Morgan fingerprint density at radius 2 is 2.15 bits per heavy atom. The van der Waals surface area contributed by atoms with E-state index >= 15 is 0 Å². The Balaban J connectivity index is 1.40. The van der Waals surface area contributed by atoms with Crippen LogP contribution in [0.15, 0.2) is 35.4 Å². The minimum absolute atomic E-state index is 0.0177. The smallest absolute Gasteiger partial charge is 0.293 e. The van der Waals surface area contributed by atoms with E-state index in [0.29, 0.717) is 11.9 Å². The average Bonchev–Trinajstić information content (AvgIpc) is 3.03. The number of nitrogens with zero attached hydrogens (tertiary/aromatic N) is 4. The molecule has 1 aromatic carbocycles. The van der Waals surface area contributed by atoms with Gasteiger partial charge in [-0.05, 0) is 36.5 Å². The Hall–Kier alpha value is -2.34. The molecule has 0 radical (unpaired) electrons. The van der Waals surface area contributed by atoms with Crippen molar-refractivity contribution >= 4 is 11.5 Å². The van der Waals surface area contributed by atoms with E-state index in [-0.39, 0.29) is 5.56 Å². The first kappa shape index (κ1) is 17.1. The van der Waals surface area contributed by atoms with E-state index in [0.717, 1.165) is 45.4 Å². The molecule has 2 aliphatic rings. The van der Waals surface area contributed by atoms with Gasteiger partial charge in [-0.1, -0.05) is 12.1 Å². The van der Waals surface area contributed by atoms with Crippen LogP contribution in [0.4, 0.5) is 11.5 Å². The highest BCUT2D eigenvalue weighted by Gasteiger charge is 2.23. The molecule has 0 amide bonds. The van der Waals surface area contributed by atoms with E-state index in [4.69, 9.17) is 0 Å². The first-order valence-corrected chi connectivity index (χ1v) is 9.45. The first-order valence-electron chi connectivity index (χ1n) is 9.45. The normalized spacial score (nSPS) is 19.7. The van der Waals surface area contributed by atoms with Gasteiger partial charge in [0.25, 0.3) is 5.56 Å². The van der Waals surface area contributed by atoms with Crippen molar-refractivity contribution in [1.82, 2.24) is 14.9 Å². The summed E-state index contributed by atoms with van der Waals surface area (Å²) in [5, 5.41) is 3.68. The summed E-state index contributed by atoms with van der Waals surface area (Å²) >= 11 is 0. The number of likely N-dealkylation sites (N-methyl/N-ethyl adjacent to an activating group) is 1. The van der Waals surface area contributed by atoms with Gasteiger partial charge in [0.15, 0.2) is 5.82 Å². The average molecular weight is 353 g/mol. The second kappa shape index (κ2) is 7.11. The summed E-state index contributed by atoms with van der Waals surface area (Å²) in [7, 11) is 3.93. The fraction of sp³-hybridized carbons (Fsp3) is 0.500. The number of fused-ring (bicyclic) bond motifs is 1. The van der Waals surface area contributed by atoms with Gasteiger partial charge in [0, 0.05) is 64.4 Å². The second-order valence-corrected chi connectivity index (χ2v) is 7.47. The summed E-state index contributed by atoms with van der Waals surface area (Å²) < 4.78 is 1.60. The Morgan fingerprint density at radius 1 is 1.27 bits per heavy atom. The molecule has 1 aromatic heterocycles. The van der Waals surface area contributed by atoms with Crippen LogP contribution < -0.4 is 20.7 Å². The van der Waals surface area contributed by atoms with Crippen LogP contribution in [0.5, 0.6) is 0 Å². The quantitative estimate of drug-likeness (QED) is 0.903. The zero-order valence-electron chi connectivity index (χ0n) is 15.6. The molecule has 3 heterocycles. The standard InChI is InChI=1S/C20H27N5O/c1-23-10-7-16-12-15(5-6-18(16)23)13-22-17-4-3-9-25(14-17)19-20(26)24(2)11-8-21-19/h5-6,8,11-12,17,22H,3-4,7,9-10,13-14H2,1-2H3/t17-/m1/s1. The monoisotopic (exact) mass is 353 g/mol. The fourth-order valence-corrected chi connectivity index (χ4v) is 4.03. The van der Waals surface area contributed by atoms with Crippen molar-refractivity contribution in [3.05, 3.63) is 52.1 Å². The number of hydrogen-bond acceptors (Lipinski definition) is 5. The fourth-order valence-electron chi connectivity index (χ4n) is 4.03. The van der Waals surface area contributed by atoms with Crippen molar-refractivity contribution < 1.29 is 0 Å². The van der Waals surface area contributed by atoms with Gasteiger partial charge in [-0.2, -0.15) is 0 Å². The zero-order chi connectivity index (χ0) is 18.1. The molecule has 0 spiro atoms. The molecular formula is C20H27N5O. The van der Waals surface area contributed by atoms with Gasteiger partial charge in [0.2, 0.25) is 0 Å². The van der Waals surface area contributed by atoms with Crippen molar-refractivity contribution in [2.75, 3.05) is 36.5 Å². The SMILES string of the molecule is CN1CCc2cc(CN[C@@H]3CCCN(c4nccn(C)c4=O)C3)ccc21. The number of hydrogen-bond donors (Lipinski definition) is 1. The number of aromatic nitrogens is 2. The van der Waals surface area contributed by atoms with Gasteiger partial charge in [-0.3, -0.25) is 4.79 Å². The van der Waals surface area contributed by atoms with Crippen LogP contribution in [0, 0.1) is 0 Å². The lowest BCUT2D eigenvalue weighted by molar-refractivity contribution is 0.419. The number of aryl methyl sites for hydroxylation is 1. The highest BCUT2D eigenvalue weighted by atomic mass is 16.1. The molecule has 138 valence electrons. The maximum absolute atomic E-state index is 12.3. The highest BCUT2D eigenvalue weighted by molar-refractivity contribution is 5.58. The molecule has 2 aliphatic heterocycles. The van der Waals surface area contributed by atoms with E-state index in [1.54, 1.807) is 24.0 Å². The molecular weight excluding hydrogens is 326 g/mol. The lowest BCUT2D eigenvalue weighted by atomic mass is 10.0. The van der Waals surface area contributed by atoms with Crippen molar-refractivity contribution in [3.8, 4) is 0 Å². The molecule has 1 N–H and O–H groups in total. The molecule has 26 heavy (non-hydrogen) atoms. The third-order valence-corrected chi connectivity index (χ3v) is 5.59. The molecule has 0 saturated carbocycles. The minimum atomic E-state index is -0.0177. The maximum Gasteiger partial charge on any atom is 0.293 e. The minimum Gasteiger partial charge on any atom is -0.374 e. The number of anilines is 2. The van der Waals surface area contributed by atoms with Gasteiger partial charge >= 0.3 is 0 Å². The summed E-state index contributed by atoms with van der Waals surface area (Å²) in [5.74, 6) is 0.571. The van der Waals surface area contributed by atoms with Gasteiger partial charge < -0.3 is 19.7 Å². The van der Waals surface area contributed by atoms with E-state index in [1.807, 2.05) is 0 Å². The highest BCUT2D eigenvalue weighted by Crippen LogP contribution is 2.27. The summed E-state index contributed by atoms with van der Waals surface area (Å²) in [5.41, 5.74) is 4.14. The molecule has 6 nitrogen and oxygen atoms in total. The second-order valence-electron chi connectivity index (χ2n) is 7.47. The van der Waals surface area contributed by atoms with Crippen LogP contribution in [0.1, 0.15) is 24.0 Å². The molecule has 0 bridgehead atoms.